The zero-order valence-corrected chi connectivity index (χ0v) is 18.0. The van der Waals surface area contributed by atoms with E-state index in [4.69, 9.17) is 4.74 Å². The Balaban J connectivity index is 1.91. The summed E-state index contributed by atoms with van der Waals surface area (Å²) in [7, 11) is 3.17. The normalized spacial score (nSPS) is 15.8. The van der Waals surface area contributed by atoms with Crippen LogP contribution in [0, 0.1) is 5.92 Å². The molecule has 6 nitrogen and oxygen atoms in total. The highest BCUT2D eigenvalue weighted by atomic mass is 127. The molecule has 146 valence electrons. The maximum absolute atomic E-state index is 12.8. The van der Waals surface area contributed by atoms with Gasteiger partial charge in [0.2, 0.25) is 0 Å². The number of nitrogens with one attached hydrogen (secondary N) is 1. The third kappa shape index (κ3) is 4.45. The number of hydrogen-bond acceptors (Lipinski definition) is 4. The molecule has 3 rings (SSSR count). The maximum atomic E-state index is 12.8. The van der Waals surface area contributed by atoms with Crippen LogP contribution in [0.3, 0.4) is 0 Å². The molecule has 1 aliphatic rings. The van der Waals surface area contributed by atoms with Crippen molar-refractivity contribution in [3.63, 3.8) is 0 Å². The number of benzene rings is 1. The van der Waals surface area contributed by atoms with Gasteiger partial charge in [-0.15, -0.1) is 0 Å². The largest absolute Gasteiger partial charge is 0.497 e. The van der Waals surface area contributed by atoms with E-state index in [1.54, 1.807) is 18.7 Å². The molecule has 0 aliphatic carbocycles. The molecule has 0 atom stereocenters. The molecule has 27 heavy (non-hydrogen) atoms. The Labute approximate surface area is 173 Å². The zero-order chi connectivity index (χ0) is 19.4. The third-order valence-electron chi connectivity index (χ3n) is 5.36. The summed E-state index contributed by atoms with van der Waals surface area (Å²) in [6, 6.07) is 6.94. The first-order chi connectivity index (χ1) is 13.1. The maximum Gasteiger partial charge on any atom is 0.251 e. The van der Waals surface area contributed by atoms with Crippen molar-refractivity contribution in [1.29, 1.82) is 0 Å². The molecule has 0 radical (unpaired) electrons. The summed E-state index contributed by atoms with van der Waals surface area (Å²) in [5, 5.41) is 3.38. The zero-order valence-electron chi connectivity index (χ0n) is 15.8. The molecule has 1 aromatic carbocycles. The van der Waals surface area contributed by atoms with Crippen LogP contribution in [0.1, 0.15) is 23.2 Å². The number of alkyl halides is 1. The van der Waals surface area contributed by atoms with E-state index in [1.807, 2.05) is 18.2 Å². The highest BCUT2D eigenvalue weighted by molar-refractivity contribution is 14.1. The number of pyridine rings is 1. The van der Waals surface area contributed by atoms with Gasteiger partial charge in [0, 0.05) is 42.1 Å². The lowest BCUT2D eigenvalue weighted by molar-refractivity contribution is 0.0964. The fourth-order valence-corrected chi connectivity index (χ4v) is 4.53. The van der Waals surface area contributed by atoms with E-state index in [-0.39, 0.29) is 11.5 Å². The van der Waals surface area contributed by atoms with Gasteiger partial charge in [0.1, 0.15) is 5.75 Å². The number of aromatic nitrogens is 1. The molecule has 1 fully saturated rings. The topological polar surface area (TPSA) is 63.6 Å². The molecule has 0 spiro atoms. The van der Waals surface area contributed by atoms with E-state index in [0.717, 1.165) is 36.5 Å². The van der Waals surface area contributed by atoms with E-state index >= 15 is 0 Å². The Morgan fingerprint density at radius 3 is 2.63 bits per heavy atom. The second-order valence-corrected chi connectivity index (χ2v) is 7.83. The lowest BCUT2D eigenvalue weighted by Crippen LogP contribution is -2.37. The summed E-state index contributed by atoms with van der Waals surface area (Å²) in [5.41, 5.74) is 0.985. The van der Waals surface area contributed by atoms with Crippen LogP contribution in [-0.2, 0) is 6.54 Å². The Morgan fingerprint density at radius 1 is 1.26 bits per heavy atom. The van der Waals surface area contributed by atoms with Gasteiger partial charge in [-0.25, -0.2) is 0 Å². The van der Waals surface area contributed by atoms with Crippen molar-refractivity contribution in [2.75, 3.05) is 38.2 Å². The van der Waals surface area contributed by atoms with Crippen molar-refractivity contribution in [1.82, 2.24) is 14.8 Å². The van der Waals surface area contributed by atoms with Crippen LogP contribution in [0.25, 0.3) is 10.9 Å². The third-order valence-corrected chi connectivity index (χ3v) is 6.60. The SMILES string of the molecule is CNC(=O)c1cc(=O)n(CCN2CCC(CI)CC2)c2cc(OC)ccc12. The number of carbonyl (C=O) groups excluding carboxylic acids is 1. The summed E-state index contributed by atoms with van der Waals surface area (Å²) in [4.78, 5) is 27.4. The minimum atomic E-state index is -0.254. The Kier molecular flexibility index (Phi) is 6.75. The minimum absolute atomic E-state index is 0.156. The van der Waals surface area contributed by atoms with Crippen molar-refractivity contribution in [2.45, 2.75) is 19.4 Å². The number of likely N-dealkylation sites (tertiary alicyclic amines) is 1. The predicted octanol–water partition coefficient (Wildman–Crippen LogP) is 2.52. The Morgan fingerprint density at radius 2 is 2.00 bits per heavy atom. The summed E-state index contributed by atoms with van der Waals surface area (Å²) in [6.45, 7) is 3.60. The highest BCUT2D eigenvalue weighted by Gasteiger charge is 2.19. The second-order valence-electron chi connectivity index (χ2n) is 6.95. The van der Waals surface area contributed by atoms with Gasteiger partial charge in [-0.05, 0) is 44.0 Å². The van der Waals surface area contributed by atoms with Crippen molar-refractivity contribution < 1.29 is 9.53 Å². The van der Waals surface area contributed by atoms with Gasteiger partial charge in [0.25, 0.3) is 11.5 Å². The summed E-state index contributed by atoms with van der Waals surface area (Å²) < 4.78 is 8.31. The lowest BCUT2D eigenvalue weighted by Gasteiger charge is -2.31. The van der Waals surface area contributed by atoms with Gasteiger partial charge in [0.15, 0.2) is 0 Å². The van der Waals surface area contributed by atoms with E-state index in [2.05, 4.69) is 32.8 Å². The van der Waals surface area contributed by atoms with Gasteiger partial charge in [-0.2, -0.15) is 0 Å². The number of rotatable bonds is 6. The van der Waals surface area contributed by atoms with Gasteiger partial charge >= 0.3 is 0 Å². The van der Waals surface area contributed by atoms with Crippen molar-refractivity contribution in [3.05, 3.63) is 40.2 Å². The number of fused-ring (bicyclic) bond motifs is 1. The summed E-state index contributed by atoms with van der Waals surface area (Å²) >= 11 is 2.47. The van der Waals surface area contributed by atoms with Crippen LogP contribution in [0.5, 0.6) is 5.75 Å². The molecule has 1 amide bonds. The van der Waals surface area contributed by atoms with Gasteiger partial charge < -0.3 is 19.5 Å². The average molecular weight is 483 g/mol. The van der Waals surface area contributed by atoms with Crippen LogP contribution >= 0.6 is 22.6 Å². The van der Waals surface area contributed by atoms with E-state index in [0.29, 0.717) is 17.9 Å². The molecule has 1 aliphatic heterocycles. The number of piperidine rings is 1. The number of methoxy groups -OCH3 is 1. The Hall–Kier alpha value is -1.61. The number of nitrogens with zero attached hydrogens (tertiary/aromatic N) is 2. The summed E-state index contributed by atoms with van der Waals surface area (Å²) in [5.74, 6) is 1.24. The number of ether oxygens (including phenoxy) is 1. The van der Waals surface area contributed by atoms with E-state index in [9.17, 15) is 9.59 Å². The monoisotopic (exact) mass is 483 g/mol. The lowest BCUT2D eigenvalue weighted by atomic mass is 9.99. The standard InChI is InChI=1S/C20H26IN3O3/c1-22-20(26)17-12-19(25)24(18-11-15(27-2)3-4-16(17)18)10-9-23-7-5-14(13-21)6-8-23/h3-4,11-12,14H,5-10,13H2,1-2H3,(H,22,26). The number of carbonyl (C=O) groups is 1. The quantitative estimate of drug-likeness (QED) is 0.507. The molecule has 1 aromatic heterocycles. The molecular weight excluding hydrogens is 457 g/mol. The first-order valence-corrected chi connectivity index (χ1v) is 10.8. The molecule has 7 heteroatoms. The van der Waals surface area contributed by atoms with Crippen LogP contribution in [-0.4, -0.2) is 53.6 Å². The van der Waals surface area contributed by atoms with Crippen LogP contribution in [0.2, 0.25) is 0 Å². The molecule has 2 aromatic rings. The number of halogens is 1. The van der Waals surface area contributed by atoms with Gasteiger partial charge in [-0.1, -0.05) is 22.6 Å². The average Bonchev–Trinajstić information content (AvgIpc) is 2.72. The van der Waals surface area contributed by atoms with Gasteiger partial charge in [-0.3, -0.25) is 9.59 Å². The fourth-order valence-electron chi connectivity index (χ4n) is 3.65. The minimum Gasteiger partial charge on any atom is -0.497 e. The van der Waals surface area contributed by atoms with Crippen molar-refractivity contribution in [3.8, 4) is 5.75 Å². The van der Waals surface area contributed by atoms with Gasteiger partial charge in [0.05, 0.1) is 18.2 Å². The summed E-state index contributed by atoms with van der Waals surface area (Å²) in [6.07, 6.45) is 2.45. The molecule has 0 unspecified atom stereocenters. The smallest absolute Gasteiger partial charge is 0.251 e. The van der Waals surface area contributed by atoms with Crippen LogP contribution < -0.4 is 15.6 Å². The van der Waals surface area contributed by atoms with Crippen molar-refractivity contribution >= 4 is 39.4 Å². The highest BCUT2D eigenvalue weighted by Crippen LogP contribution is 2.23. The fraction of sp³-hybridized carbons (Fsp3) is 0.500. The molecule has 1 saturated heterocycles. The van der Waals surface area contributed by atoms with E-state index < -0.39 is 0 Å². The molecule has 2 heterocycles. The Bertz CT molecular complexity index is 873. The molecule has 1 N–H and O–H groups in total. The van der Waals surface area contributed by atoms with Crippen molar-refractivity contribution in [2.24, 2.45) is 5.92 Å². The first kappa shape index (κ1) is 20.1. The van der Waals surface area contributed by atoms with E-state index in [1.165, 1.54) is 23.3 Å². The predicted molar refractivity (Wildman–Crippen MR) is 116 cm³/mol. The number of amides is 1. The molecule has 0 saturated carbocycles. The van der Waals surface area contributed by atoms with Crippen LogP contribution in [0.15, 0.2) is 29.1 Å². The second kappa shape index (κ2) is 9.05. The molecule has 0 bridgehead atoms. The first-order valence-electron chi connectivity index (χ1n) is 9.29. The molecular formula is C20H26IN3O3. The van der Waals surface area contributed by atoms with Crippen LogP contribution in [0.4, 0.5) is 0 Å². The number of hydrogen-bond donors (Lipinski definition) is 1.